The standard InChI is InChI=1S/C21H27N3O4/c1-4-27-18-14-17(24-21(26)15-9-7-6-8-10-15)19(28-5-2)13-16(18)23-20(25)11-12-22-3/h6-10,13-14,22H,4-5,11-12H2,1-3H3,(H,23,25)(H,24,26). The van der Waals surface area contributed by atoms with Gasteiger partial charge >= 0.3 is 0 Å². The average Bonchev–Trinajstić information content (AvgIpc) is 2.70. The predicted octanol–water partition coefficient (Wildman–Crippen LogP) is 3.28. The molecule has 0 atom stereocenters. The Morgan fingerprint density at radius 1 is 0.893 bits per heavy atom. The van der Waals surface area contributed by atoms with E-state index in [0.717, 1.165) is 0 Å². The van der Waals surface area contributed by atoms with Crippen molar-refractivity contribution < 1.29 is 19.1 Å². The van der Waals surface area contributed by atoms with Gasteiger partial charge in [-0.2, -0.15) is 0 Å². The van der Waals surface area contributed by atoms with Crippen LogP contribution in [0.5, 0.6) is 11.5 Å². The van der Waals surface area contributed by atoms with Crippen LogP contribution in [-0.2, 0) is 4.79 Å². The van der Waals surface area contributed by atoms with Gasteiger partial charge in [-0.05, 0) is 33.0 Å². The number of benzene rings is 2. The summed E-state index contributed by atoms with van der Waals surface area (Å²) in [6.45, 7) is 5.10. The van der Waals surface area contributed by atoms with Gasteiger partial charge < -0.3 is 25.4 Å². The van der Waals surface area contributed by atoms with E-state index in [4.69, 9.17) is 9.47 Å². The number of amides is 2. The Balaban J connectivity index is 2.32. The highest BCUT2D eigenvalue weighted by molar-refractivity contribution is 6.05. The van der Waals surface area contributed by atoms with Crippen LogP contribution < -0.4 is 25.4 Å². The monoisotopic (exact) mass is 385 g/mol. The van der Waals surface area contributed by atoms with Crippen molar-refractivity contribution in [2.24, 2.45) is 0 Å². The Morgan fingerprint density at radius 3 is 2.00 bits per heavy atom. The molecule has 3 N–H and O–H groups in total. The van der Waals surface area contributed by atoms with Crippen molar-refractivity contribution >= 4 is 23.2 Å². The highest BCUT2D eigenvalue weighted by Crippen LogP contribution is 2.37. The third kappa shape index (κ3) is 5.99. The molecule has 7 heteroatoms. The molecule has 28 heavy (non-hydrogen) atoms. The third-order valence-electron chi connectivity index (χ3n) is 3.84. The molecule has 0 aliphatic carbocycles. The van der Waals surface area contributed by atoms with Crippen molar-refractivity contribution in [3.8, 4) is 11.5 Å². The van der Waals surface area contributed by atoms with Crippen LogP contribution in [0.25, 0.3) is 0 Å². The zero-order valence-electron chi connectivity index (χ0n) is 16.5. The lowest BCUT2D eigenvalue weighted by Gasteiger charge is -2.18. The molecule has 2 amide bonds. The number of nitrogens with one attached hydrogen (secondary N) is 3. The van der Waals surface area contributed by atoms with Crippen molar-refractivity contribution in [3.63, 3.8) is 0 Å². The molecule has 2 aromatic rings. The number of hydrogen-bond donors (Lipinski definition) is 3. The highest BCUT2D eigenvalue weighted by atomic mass is 16.5. The molecule has 0 radical (unpaired) electrons. The lowest BCUT2D eigenvalue weighted by Crippen LogP contribution is -2.19. The maximum Gasteiger partial charge on any atom is 0.255 e. The van der Waals surface area contributed by atoms with Crippen LogP contribution in [0.2, 0.25) is 0 Å². The van der Waals surface area contributed by atoms with Gasteiger partial charge in [0.2, 0.25) is 5.91 Å². The zero-order valence-corrected chi connectivity index (χ0v) is 16.5. The Hall–Kier alpha value is -3.06. The van der Waals surface area contributed by atoms with Crippen LogP contribution in [0.15, 0.2) is 42.5 Å². The quantitative estimate of drug-likeness (QED) is 0.584. The van der Waals surface area contributed by atoms with Crippen molar-refractivity contribution in [1.29, 1.82) is 0 Å². The van der Waals surface area contributed by atoms with Gasteiger partial charge in [-0.3, -0.25) is 9.59 Å². The molecular weight excluding hydrogens is 358 g/mol. The van der Waals surface area contributed by atoms with Crippen LogP contribution in [0.4, 0.5) is 11.4 Å². The molecule has 0 unspecified atom stereocenters. The van der Waals surface area contributed by atoms with E-state index < -0.39 is 0 Å². The van der Waals surface area contributed by atoms with E-state index in [1.54, 1.807) is 43.4 Å². The molecule has 0 bridgehead atoms. The van der Waals surface area contributed by atoms with E-state index in [-0.39, 0.29) is 11.8 Å². The molecule has 0 aliphatic rings. The van der Waals surface area contributed by atoms with Gasteiger partial charge in [-0.25, -0.2) is 0 Å². The SMILES string of the molecule is CCOc1cc(NC(=O)c2ccccc2)c(OCC)cc1NC(=O)CCNC. The Morgan fingerprint density at radius 2 is 1.46 bits per heavy atom. The summed E-state index contributed by atoms with van der Waals surface area (Å²) < 4.78 is 11.3. The first-order valence-electron chi connectivity index (χ1n) is 9.33. The smallest absolute Gasteiger partial charge is 0.255 e. The van der Waals surface area contributed by atoms with E-state index in [9.17, 15) is 9.59 Å². The van der Waals surface area contributed by atoms with Gasteiger partial charge in [0.1, 0.15) is 11.5 Å². The first kappa shape index (κ1) is 21.2. The maximum absolute atomic E-state index is 12.5. The minimum absolute atomic E-state index is 0.140. The van der Waals surface area contributed by atoms with Crippen LogP contribution in [-0.4, -0.2) is 38.6 Å². The molecule has 7 nitrogen and oxygen atoms in total. The second-order valence-electron chi connectivity index (χ2n) is 5.93. The second-order valence-corrected chi connectivity index (χ2v) is 5.93. The summed E-state index contributed by atoms with van der Waals surface area (Å²) in [5, 5.41) is 8.64. The van der Waals surface area contributed by atoms with E-state index in [0.29, 0.717) is 54.6 Å². The minimum atomic E-state index is -0.255. The van der Waals surface area contributed by atoms with Crippen LogP contribution in [0.1, 0.15) is 30.6 Å². The summed E-state index contributed by atoms with van der Waals surface area (Å²) in [5.74, 6) is 0.528. The van der Waals surface area contributed by atoms with Gasteiger partial charge in [0, 0.05) is 30.7 Å². The number of rotatable bonds is 10. The molecule has 0 aliphatic heterocycles. The van der Waals surface area contributed by atoms with Gasteiger partial charge in [-0.15, -0.1) is 0 Å². The lowest BCUT2D eigenvalue weighted by molar-refractivity contribution is -0.116. The Labute approximate surface area is 165 Å². The Bertz CT molecular complexity index is 794. The molecule has 0 heterocycles. The third-order valence-corrected chi connectivity index (χ3v) is 3.84. The molecule has 2 rings (SSSR count). The molecule has 0 spiro atoms. The molecule has 0 saturated heterocycles. The topological polar surface area (TPSA) is 88.7 Å². The predicted molar refractivity (Wildman–Crippen MR) is 110 cm³/mol. The van der Waals surface area contributed by atoms with E-state index in [1.807, 2.05) is 19.9 Å². The van der Waals surface area contributed by atoms with Crippen LogP contribution in [0.3, 0.4) is 0 Å². The van der Waals surface area contributed by atoms with E-state index in [2.05, 4.69) is 16.0 Å². The van der Waals surface area contributed by atoms with E-state index >= 15 is 0 Å². The van der Waals surface area contributed by atoms with Crippen molar-refractivity contribution in [3.05, 3.63) is 48.0 Å². The van der Waals surface area contributed by atoms with Crippen molar-refractivity contribution in [2.45, 2.75) is 20.3 Å². The number of hydrogen-bond acceptors (Lipinski definition) is 5. The summed E-state index contributed by atoms with van der Waals surface area (Å²) >= 11 is 0. The van der Waals surface area contributed by atoms with Crippen LogP contribution in [0, 0.1) is 0 Å². The summed E-state index contributed by atoms with van der Waals surface area (Å²) in [5.41, 5.74) is 1.52. The molecule has 150 valence electrons. The van der Waals surface area contributed by atoms with Gasteiger partial charge in [-0.1, -0.05) is 18.2 Å². The number of carbonyl (C=O) groups is 2. The lowest BCUT2D eigenvalue weighted by atomic mass is 10.2. The summed E-state index contributed by atoms with van der Waals surface area (Å²) in [6, 6.07) is 12.3. The number of carbonyl (C=O) groups excluding carboxylic acids is 2. The normalized spacial score (nSPS) is 10.2. The average molecular weight is 385 g/mol. The molecular formula is C21H27N3O4. The van der Waals surface area contributed by atoms with E-state index in [1.165, 1.54) is 0 Å². The van der Waals surface area contributed by atoms with Crippen LogP contribution >= 0.6 is 0 Å². The van der Waals surface area contributed by atoms with Crippen molar-refractivity contribution in [1.82, 2.24) is 5.32 Å². The number of anilines is 2. The summed E-state index contributed by atoms with van der Waals surface area (Å²) in [6.07, 6.45) is 0.332. The molecule has 2 aromatic carbocycles. The van der Waals surface area contributed by atoms with Crippen molar-refractivity contribution in [2.75, 3.05) is 37.4 Å². The molecule has 0 fully saturated rings. The fourth-order valence-corrected chi connectivity index (χ4v) is 2.54. The molecule has 0 aromatic heterocycles. The first-order chi connectivity index (χ1) is 13.6. The molecule has 0 saturated carbocycles. The van der Waals surface area contributed by atoms with Gasteiger partial charge in [0.05, 0.1) is 24.6 Å². The minimum Gasteiger partial charge on any atom is -0.492 e. The second kappa shape index (κ2) is 10.9. The van der Waals surface area contributed by atoms with Gasteiger partial charge in [0.15, 0.2) is 0 Å². The summed E-state index contributed by atoms with van der Waals surface area (Å²) in [4.78, 5) is 24.7. The number of ether oxygens (including phenoxy) is 2. The maximum atomic E-state index is 12.5. The zero-order chi connectivity index (χ0) is 20.4. The first-order valence-corrected chi connectivity index (χ1v) is 9.33. The highest BCUT2D eigenvalue weighted by Gasteiger charge is 2.16. The largest absolute Gasteiger partial charge is 0.492 e. The summed E-state index contributed by atoms with van der Waals surface area (Å²) in [7, 11) is 1.79. The fraction of sp³-hybridized carbons (Fsp3) is 0.333. The fourth-order valence-electron chi connectivity index (χ4n) is 2.54. The van der Waals surface area contributed by atoms with Gasteiger partial charge in [0.25, 0.3) is 5.91 Å². The Kier molecular flexibility index (Phi) is 8.30.